The fraction of sp³-hybridized carbons (Fsp3) is 0.0938. The number of hydrogen-bond acceptors (Lipinski definition) is 2. The molecule has 3 aromatic carbocycles. The predicted octanol–water partition coefficient (Wildman–Crippen LogP) is 5.35. The van der Waals surface area contributed by atoms with E-state index in [0.29, 0.717) is 0 Å². The largest absolute Gasteiger partial charge is 0.527 e. The van der Waals surface area contributed by atoms with Gasteiger partial charge in [-0.3, -0.25) is 0 Å². The number of fused-ring (bicyclic) bond motifs is 4. The maximum Gasteiger partial charge on any atom is 0.527 e. The van der Waals surface area contributed by atoms with E-state index in [-0.39, 0.29) is 0 Å². The molecule has 3 aliphatic heterocycles. The van der Waals surface area contributed by atoms with Crippen LogP contribution in [0.25, 0.3) is 39.5 Å². The van der Waals surface area contributed by atoms with Crippen molar-refractivity contribution in [1.29, 1.82) is 0 Å². The van der Waals surface area contributed by atoms with E-state index in [1.807, 2.05) is 12.1 Å². The van der Waals surface area contributed by atoms with Gasteiger partial charge >= 0.3 is 11.7 Å². The first kappa shape index (κ1) is 20.1. The Labute approximate surface area is 219 Å². The molecule has 9 rings (SSSR count). The first-order valence-electron chi connectivity index (χ1n) is 12.9. The van der Waals surface area contributed by atoms with Gasteiger partial charge in [0.1, 0.15) is 11.4 Å². The molecule has 6 nitrogen and oxygen atoms in total. The van der Waals surface area contributed by atoms with E-state index in [1.54, 1.807) is 0 Å². The van der Waals surface area contributed by atoms with Gasteiger partial charge in [0.05, 0.1) is 17.5 Å². The van der Waals surface area contributed by atoms with Gasteiger partial charge in [0, 0.05) is 24.6 Å². The Hall–Kier alpha value is -4.97. The monoisotopic (exact) mass is 493 g/mol. The lowest BCUT2D eigenvalue weighted by Crippen LogP contribution is -2.77. The van der Waals surface area contributed by atoms with E-state index in [4.69, 9.17) is 9.84 Å². The van der Waals surface area contributed by atoms with Crippen molar-refractivity contribution in [3.8, 4) is 51.1 Å². The first-order chi connectivity index (χ1) is 18.7. The van der Waals surface area contributed by atoms with Gasteiger partial charge in [-0.1, -0.05) is 65.2 Å². The second-order valence-electron chi connectivity index (χ2n) is 10.3. The van der Waals surface area contributed by atoms with Crippen LogP contribution in [0.2, 0.25) is 0 Å². The Morgan fingerprint density at radius 2 is 1.53 bits per heavy atom. The summed E-state index contributed by atoms with van der Waals surface area (Å²) in [5.41, 5.74) is 11.2. The molecular formula is C32H23N5O+2. The van der Waals surface area contributed by atoms with Crippen LogP contribution in [0.1, 0.15) is 17.0 Å². The summed E-state index contributed by atoms with van der Waals surface area (Å²) in [5.74, 6) is 0.962. The number of rotatable bonds is 2. The van der Waals surface area contributed by atoms with Gasteiger partial charge in [-0.25, -0.2) is 0 Å². The van der Waals surface area contributed by atoms with Crippen molar-refractivity contribution in [3.63, 3.8) is 0 Å². The summed E-state index contributed by atoms with van der Waals surface area (Å²) in [6.07, 6.45) is 0. The third kappa shape index (κ3) is 2.19. The van der Waals surface area contributed by atoms with E-state index in [9.17, 15) is 0 Å². The molecule has 1 atom stereocenters. The van der Waals surface area contributed by atoms with Gasteiger partial charge in [-0.15, -0.1) is 9.36 Å². The van der Waals surface area contributed by atoms with Crippen LogP contribution in [0.5, 0.6) is 11.6 Å². The summed E-state index contributed by atoms with van der Waals surface area (Å²) in [6.45, 7) is 4.33. The fourth-order valence-corrected chi connectivity index (χ4v) is 6.75. The highest BCUT2D eigenvalue weighted by molar-refractivity contribution is 5.72. The van der Waals surface area contributed by atoms with Crippen molar-refractivity contribution >= 4 is 0 Å². The van der Waals surface area contributed by atoms with Crippen LogP contribution in [0.4, 0.5) is 0 Å². The second-order valence-corrected chi connectivity index (χ2v) is 10.3. The average Bonchev–Trinajstić information content (AvgIpc) is 3.67. The minimum Gasteiger partial charge on any atom is -0.404 e. The van der Waals surface area contributed by atoms with Crippen LogP contribution >= 0.6 is 0 Å². The van der Waals surface area contributed by atoms with Crippen LogP contribution in [-0.2, 0) is 5.79 Å². The standard InChI is InChI=1S/C32H23N5O/c1-20-18-21(2)37-32-31-27(35(20)37)11-6-12-29(31)38-30-13-7-10-26(34(30)32)28-19-25(33-36(28)32)24-16-14-23(15-17-24)22-8-4-3-5-9-22/h3-19H,1-2H3/q+2. The van der Waals surface area contributed by atoms with E-state index in [1.165, 1.54) is 16.8 Å². The van der Waals surface area contributed by atoms with E-state index in [2.05, 4.69) is 123 Å². The summed E-state index contributed by atoms with van der Waals surface area (Å²) in [5, 5.41) is 5.34. The third-order valence-corrected chi connectivity index (χ3v) is 8.18. The van der Waals surface area contributed by atoms with E-state index < -0.39 is 5.79 Å². The Kier molecular flexibility index (Phi) is 3.53. The molecule has 1 unspecified atom stereocenters. The van der Waals surface area contributed by atoms with Gasteiger partial charge in [0.2, 0.25) is 11.4 Å². The summed E-state index contributed by atoms with van der Waals surface area (Å²) in [4.78, 5) is 0. The molecule has 3 aliphatic rings. The molecule has 180 valence electrons. The van der Waals surface area contributed by atoms with Crippen molar-refractivity contribution < 1.29 is 14.0 Å². The normalized spacial score (nSPS) is 17.0. The third-order valence-electron chi connectivity index (χ3n) is 8.18. The summed E-state index contributed by atoms with van der Waals surface area (Å²) in [7, 11) is 0. The van der Waals surface area contributed by atoms with Crippen LogP contribution in [-0.4, -0.2) is 14.5 Å². The molecule has 0 saturated heterocycles. The van der Waals surface area contributed by atoms with Crippen molar-refractivity contribution in [3.05, 3.63) is 120 Å². The molecular weight excluding hydrogens is 470 g/mol. The van der Waals surface area contributed by atoms with Gasteiger partial charge in [-0.2, -0.15) is 5.10 Å². The zero-order chi connectivity index (χ0) is 25.2. The Bertz CT molecular complexity index is 1970. The van der Waals surface area contributed by atoms with Crippen LogP contribution in [0, 0.1) is 13.8 Å². The van der Waals surface area contributed by atoms with Gasteiger partial charge < -0.3 is 4.74 Å². The van der Waals surface area contributed by atoms with Crippen molar-refractivity contribution in [2.24, 2.45) is 0 Å². The summed E-state index contributed by atoms with van der Waals surface area (Å²) >= 11 is 0. The number of hydrogen-bond donors (Lipinski definition) is 0. The van der Waals surface area contributed by atoms with Gasteiger partial charge in [0.25, 0.3) is 0 Å². The number of pyridine rings is 1. The highest BCUT2D eigenvalue weighted by Crippen LogP contribution is 2.49. The smallest absolute Gasteiger partial charge is 0.404 e. The van der Waals surface area contributed by atoms with Crippen LogP contribution in [0.15, 0.2) is 103 Å². The molecule has 0 saturated carbocycles. The lowest BCUT2D eigenvalue weighted by molar-refractivity contribution is -1.01. The Morgan fingerprint density at radius 3 is 2.37 bits per heavy atom. The van der Waals surface area contributed by atoms with Crippen LogP contribution in [0.3, 0.4) is 0 Å². The molecule has 6 aromatic rings. The van der Waals surface area contributed by atoms with Crippen LogP contribution < -0.4 is 14.0 Å². The minimum absolute atomic E-state index is 0.716. The number of nitrogens with zero attached hydrogens (tertiary/aromatic N) is 5. The molecule has 1 spiro atoms. The maximum absolute atomic E-state index is 6.50. The number of ether oxygens (including phenoxy) is 1. The molecule has 0 fully saturated rings. The van der Waals surface area contributed by atoms with Crippen molar-refractivity contribution in [2.75, 3.05) is 0 Å². The highest BCUT2D eigenvalue weighted by atomic mass is 16.5. The zero-order valence-electron chi connectivity index (χ0n) is 21.0. The fourth-order valence-electron chi connectivity index (χ4n) is 6.75. The predicted molar refractivity (Wildman–Crippen MR) is 142 cm³/mol. The number of aryl methyl sites for hydroxylation is 2. The molecule has 6 heteroatoms. The SMILES string of the molecule is Cc1cc(C)[n+]2n1-c1cccc3c1C21n2nc(-c4ccc(-c5ccccc5)cc4)cc2-c2cccc([n+]21)O3. The Balaban J connectivity index is 1.32. The summed E-state index contributed by atoms with van der Waals surface area (Å²) < 4.78 is 15.7. The highest BCUT2D eigenvalue weighted by Gasteiger charge is 2.74. The quantitative estimate of drug-likeness (QED) is 0.305. The second kappa shape index (κ2) is 6.66. The first-order valence-corrected chi connectivity index (χ1v) is 12.9. The molecule has 0 radical (unpaired) electrons. The van der Waals surface area contributed by atoms with Gasteiger partial charge in [0.15, 0.2) is 11.3 Å². The number of aromatic nitrogens is 5. The molecule has 0 amide bonds. The van der Waals surface area contributed by atoms with E-state index in [0.717, 1.165) is 51.2 Å². The molecule has 0 N–H and O–H groups in total. The zero-order valence-corrected chi connectivity index (χ0v) is 21.0. The average molecular weight is 494 g/mol. The molecule has 0 bridgehead atoms. The van der Waals surface area contributed by atoms with Gasteiger partial charge in [-0.05, 0) is 47.0 Å². The minimum atomic E-state index is -0.716. The molecule has 0 aliphatic carbocycles. The summed E-state index contributed by atoms with van der Waals surface area (Å²) in [6, 6.07) is 36.2. The lowest BCUT2D eigenvalue weighted by atomic mass is 10.0. The molecule has 38 heavy (non-hydrogen) atoms. The van der Waals surface area contributed by atoms with Crippen molar-refractivity contribution in [1.82, 2.24) is 14.5 Å². The van der Waals surface area contributed by atoms with Crippen molar-refractivity contribution in [2.45, 2.75) is 19.6 Å². The van der Waals surface area contributed by atoms with E-state index >= 15 is 0 Å². The number of benzene rings is 3. The molecule has 3 aromatic heterocycles. The molecule has 6 heterocycles. The lowest BCUT2D eigenvalue weighted by Gasteiger charge is -2.22. The Morgan fingerprint density at radius 1 is 0.763 bits per heavy atom. The topological polar surface area (TPSA) is 39.7 Å². The maximum atomic E-state index is 6.50.